The fraction of sp³-hybridized carbons (Fsp3) is 0.321. The molecule has 6 atom stereocenters. The Labute approximate surface area is 393 Å². The van der Waals surface area contributed by atoms with Crippen LogP contribution in [0, 0.1) is 17.8 Å². The smallest absolute Gasteiger partial charge is 0.421 e. The zero-order valence-electron chi connectivity index (χ0n) is 37.4. The van der Waals surface area contributed by atoms with Crippen LogP contribution in [0.2, 0.25) is 0 Å². The van der Waals surface area contributed by atoms with E-state index in [0.717, 1.165) is 16.0 Å². The van der Waals surface area contributed by atoms with Gasteiger partial charge in [0.05, 0.1) is 36.9 Å². The van der Waals surface area contributed by atoms with Gasteiger partial charge in [0.15, 0.2) is 11.5 Å². The molecule has 3 amide bonds. The molecule has 15 heteroatoms. The summed E-state index contributed by atoms with van der Waals surface area (Å²) in [6.07, 6.45) is -1.71. The highest BCUT2D eigenvalue weighted by molar-refractivity contribution is 6.23. The highest BCUT2D eigenvalue weighted by Gasteiger charge is 2.76. The number of amides is 3. The summed E-state index contributed by atoms with van der Waals surface area (Å²) >= 11 is 0. The Balaban J connectivity index is 1.17. The molecular formula is C53H50N4O11. The Kier molecular flexibility index (Phi) is 12.3. The molecule has 0 saturated carbocycles. The molecule has 68 heavy (non-hydrogen) atoms. The molecule has 1 spiro atoms. The number of rotatable bonds is 10. The van der Waals surface area contributed by atoms with Gasteiger partial charge in [0.25, 0.3) is 0 Å². The third-order valence-electron chi connectivity index (χ3n) is 13.6. The standard InChI is InChI=1S/C53H50N4O11/c1-64-28-29-65-52(63)56-41-21-15-34(10-8-9-27-58)30-40(41)53(51(56)62)44(49(60)55-25-23-54(24-26-55)32-35-16-22-42-43(31-35)67-33-66-42)46-50(61)68-47(37-13-6-3-7-14-37)45(36-11-4-2-5-12-36)57(46)48(53)38-17-19-39(59)20-18-38/h2-7,11-22,30-31,44-48,58-59H,9,23-29,32-33H2,1H3/t44-,45-,46-,47+,48+,53-/m0/s1. The third kappa shape index (κ3) is 7.78. The minimum Gasteiger partial charge on any atom is -0.508 e. The summed E-state index contributed by atoms with van der Waals surface area (Å²) in [5, 5.41) is 20.4. The number of carbonyl (C=O) groups is 4. The summed E-state index contributed by atoms with van der Waals surface area (Å²) in [5.41, 5.74) is 1.89. The van der Waals surface area contributed by atoms with Crippen molar-refractivity contribution >= 4 is 29.6 Å². The van der Waals surface area contributed by atoms with E-state index in [2.05, 4.69) is 16.7 Å². The SMILES string of the molecule is COCCOC(=O)N1C(=O)[C@@]2(c3cc(C#CCCO)ccc31)[C@H](C(=O)N1CCN(Cc3ccc4c(c3)OCO4)CC1)[C@H]1C(=O)O[C@H](c3ccccc3)[C@H](c3ccccc3)N1[C@@H]2c1ccc(O)cc1. The van der Waals surface area contributed by atoms with E-state index in [1.54, 1.807) is 35.2 Å². The van der Waals surface area contributed by atoms with Gasteiger partial charge < -0.3 is 38.8 Å². The number of phenols is 1. The van der Waals surface area contributed by atoms with Crippen molar-refractivity contribution in [3.8, 4) is 29.1 Å². The largest absolute Gasteiger partial charge is 0.508 e. The van der Waals surface area contributed by atoms with Crippen molar-refractivity contribution < 1.29 is 53.1 Å². The van der Waals surface area contributed by atoms with Crippen LogP contribution in [0.3, 0.4) is 0 Å². The van der Waals surface area contributed by atoms with Gasteiger partial charge >= 0.3 is 12.1 Å². The zero-order chi connectivity index (χ0) is 46.9. The molecule has 5 aromatic carbocycles. The topological polar surface area (TPSA) is 168 Å². The van der Waals surface area contributed by atoms with Gasteiger partial charge in [-0.25, -0.2) is 9.69 Å². The summed E-state index contributed by atoms with van der Waals surface area (Å²) in [4.78, 5) is 69.3. The number of fused-ring (bicyclic) bond motifs is 4. The van der Waals surface area contributed by atoms with E-state index in [1.807, 2.05) is 83.8 Å². The van der Waals surface area contributed by atoms with Crippen LogP contribution in [-0.4, -0.2) is 115 Å². The van der Waals surface area contributed by atoms with Crippen molar-refractivity contribution in [2.75, 3.05) is 64.8 Å². The van der Waals surface area contributed by atoms with Crippen molar-refractivity contribution in [2.24, 2.45) is 5.92 Å². The molecule has 0 aliphatic carbocycles. The number of hydrogen-bond donors (Lipinski definition) is 2. The number of ether oxygens (including phenoxy) is 5. The number of aliphatic hydroxyl groups is 1. The molecular weight excluding hydrogens is 869 g/mol. The van der Waals surface area contributed by atoms with Gasteiger partial charge in [0.1, 0.15) is 29.9 Å². The minimum atomic E-state index is -2.01. The minimum absolute atomic E-state index is 0.0358. The molecule has 3 saturated heterocycles. The predicted octanol–water partition coefficient (Wildman–Crippen LogP) is 5.65. The van der Waals surface area contributed by atoms with Crippen LogP contribution >= 0.6 is 0 Å². The molecule has 0 aromatic heterocycles. The molecule has 3 fully saturated rings. The molecule has 5 aliphatic rings. The van der Waals surface area contributed by atoms with E-state index in [1.165, 1.54) is 19.2 Å². The second-order valence-electron chi connectivity index (χ2n) is 17.4. The van der Waals surface area contributed by atoms with Crippen LogP contribution in [0.5, 0.6) is 17.2 Å². The van der Waals surface area contributed by atoms with E-state index in [-0.39, 0.29) is 57.6 Å². The summed E-state index contributed by atoms with van der Waals surface area (Å²) < 4.78 is 28.6. The highest BCUT2D eigenvalue weighted by Crippen LogP contribution is 2.66. The number of cyclic esters (lactones) is 1. The van der Waals surface area contributed by atoms with Gasteiger partial charge in [-0.1, -0.05) is 90.7 Å². The molecule has 348 valence electrons. The lowest BCUT2D eigenvalue weighted by molar-refractivity contribution is -0.179. The Morgan fingerprint density at radius 2 is 1.51 bits per heavy atom. The lowest BCUT2D eigenvalue weighted by Gasteiger charge is -2.46. The van der Waals surface area contributed by atoms with Crippen LogP contribution < -0.4 is 14.4 Å². The average Bonchev–Trinajstić information content (AvgIpc) is 4.04. The zero-order valence-corrected chi connectivity index (χ0v) is 37.4. The molecule has 15 nitrogen and oxygen atoms in total. The Morgan fingerprint density at radius 3 is 2.24 bits per heavy atom. The van der Waals surface area contributed by atoms with E-state index >= 15 is 14.4 Å². The fourth-order valence-electron chi connectivity index (χ4n) is 10.7. The number of aromatic hydroxyl groups is 1. The second kappa shape index (κ2) is 18.8. The average molecular weight is 919 g/mol. The summed E-state index contributed by atoms with van der Waals surface area (Å²) in [6, 6.07) is 32.8. The van der Waals surface area contributed by atoms with Gasteiger partial charge in [0.2, 0.25) is 18.6 Å². The molecule has 5 aliphatic heterocycles. The molecule has 5 aromatic rings. The van der Waals surface area contributed by atoms with E-state index < -0.39 is 59.4 Å². The van der Waals surface area contributed by atoms with Crippen LogP contribution in [0.25, 0.3) is 0 Å². The lowest BCUT2D eigenvalue weighted by atomic mass is 9.65. The first-order valence-corrected chi connectivity index (χ1v) is 22.7. The molecule has 5 heterocycles. The van der Waals surface area contributed by atoms with Crippen LogP contribution in [0.4, 0.5) is 10.5 Å². The van der Waals surface area contributed by atoms with Crippen LogP contribution in [0.15, 0.2) is 121 Å². The van der Waals surface area contributed by atoms with Gasteiger partial charge in [-0.3, -0.25) is 24.2 Å². The molecule has 10 rings (SSSR count). The van der Waals surface area contributed by atoms with Crippen LogP contribution in [-0.2, 0) is 40.6 Å². The van der Waals surface area contributed by atoms with Gasteiger partial charge in [-0.05, 0) is 70.3 Å². The molecule has 2 N–H and O–H groups in total. The first-order chi connectivity index (χ1) is 33.2. The molecule has 0 bridgehead atoms. The van der Waals surface area contributed by atoms with E-state index in [0.29, 0.717) is 53.4 Å². The van der Waals surface area contributed by atoms with Crippen molar-refractivity contribution in [3.05, 3.63) is 155 Å². The number of imide groups is 1. The number of esters is 1. The number of aliphatic hydroxyl groups excluding tert-OH is 1. The van der Waals surface area contributed by atoms with Gasteiger partial charge in [0, 0.05) is 51.8 Å². The maximum absolute atomic E-state index is 16.4. The van der Waals surface area contributed by atoms with E-state index in [9.17, 15) is 15.0 Å². The number of carbonyl (C=O) groups excluding carboxylic acids is 4. The Morgan fingerprint density at radius 1 is 0.794 bits per heavy atom. The van der Waals surface area contributed by atoms with Gasteiger partial charge in [-0.15, -0.1) is 0 Å². The highest BCUT2D eigenvalue weighted by atomic mass is 16.7. The van der Waals surface area contributed by atoms with E-state index in [4.69, 9.17) is 23.7 Å². The number of piperazine rings is 1. The number of phenolic OH excluding ortho intramolecular Hbond substituents is 1. The third-order valence-corrected chi connectivity index (χ3v) is 13.6. The summed E-state index contributed by atoms with van der Waals surface area (Å²) in [7, 11) is 1.47. The fourth-order valence-corrected chi connectivity index (χ4v) is 10.7. The normalized spacial score (nSPS) is 24.0. The first-order valence-electron chi connectivity index (χ1n) is 22.7. The number of benzene rings is 5. The van der Waals surface area contributed by atoms with Crippen molar-refractivity contribution in [1.82, 2.24) is 14.7 Å². The number of morpholine rings is 1. The number of methoxy groups -OCH3 is 1. The number of nitrogens with zero attached hydrogens (tertiary/aromatic N) is 4. The Bertz CT molecular complexity index is 2770. The monoisotopic (exact) mass is 918 g/mol. The number of anilines is 1. The van der Waals surface area contributed by atoms with Crippen molar-refractivity contribution in [1.29, 1.82) is 0 Å². The molecule has 0 unspecified atom stereocenters. The second-order valence-corrected chi connectivity index (χ2v) is 17.4. The van der Waals surface area contributed by atoms with Crippen molar-refractivity contribution in [3.63, 3.8) is 0 Å². The maximum atomic E-state index is 16.4. The maximum Gasteiger partial charge on any atom is 0.421 e. The van der Waals surface area contributed by atoms with Crippen molar-refractivity contribution in [2.45, 2.75) is 42.6 Å². The summed E-state index contributed by atoms with van der Waals surface area (Å²) in [6.45, 7) is 1.98. The predicted molar refractivity (Wildman–Crippen MR) is 246 cm³/mol. The number of hydrogen-bond acceptors (Lipinski definition) is 13. The molecule has 0 radical (unpaired) electrons. The van der Waals surface area contributed by atoms with Crippen LogP contribution in [0.1, 0.15) is 58.0 Å². The first kappa shape index (κ1) is 44.6. The lowest BCUT2D eigenvalue weighted by Crippen LogP contribution is -2.59. The quantitative estimate of drug-likeness (QED) is 0.100. The Hall–Kier alpha value is -7.22. The van der Waals surface area contributed by atoms with Gasteiger partial charge in [-0.2, -0.15) is 0 Å². The summed E-state index contributed by atoms with van der Waals surface area (Å²) in [5.74, 6) is 4.00.